The van der Waals surface area contributed by atoms with E-state index in [9.17, 15) is 0 Å². The molecule has 2 heterocycles. The third-order valence-electron chi connectivity index (χ3n) is 1.97. The number of hydrogen-bond donors (Lipinski definition) is 3. The first kappa shape index (κ1) is 11.9. The topological polar surface area (TPSA) is 74.6 Å². The molecule has 0 aromatic carbocycles. The SMILES string of the molecule is CNc1cccnc1.OC1COCC1O. The minimum atomic E-state index is -0.653. The monoisotopic (exact) mass is 212 g/mol. The summed E-state index contributed by atoms with van der Waals surface area (Å²) < 4.78 is 4.67. The minimum absolute atomic E-state index is 0.279. The van der Waals surface area contributed by atoms with E-state index >= 15 is 0 Å². The molecule has 1 aromatic heterocycles. The number of anilines is 1. The van der Waals surface area contributed by atoms with E-state index in [1.807, 2.05) is 19.2 Å². The van der Waals surface area contributed by atoms with E-state index < -0.39 is 12.2 Å². The van der Waals surface area contributed by atoms with Crippen molar-refractivity contribution >= 4 is 5.69 Å². The Kier molecular flexibility index (Phi) is 5.03. The van der Waals surface area contributed by atoms with Crippen molar-refractivity contribution in [2.75, 3.05) is 25.6 Å². The van der Waals surface area contributed by atoms with Crippen LogP contribution in [0.3, 0.4) is 0 Å². The summed E-state index contributed by atoms with van der Waals surface area (Å²) in [6, 6.07) is 3.86. The van der Waals surface area contributed by atoms with Gasteiger partial charge < -0.3 is 20.3 Å². The Morgan fingerprint density at radius 2 is 2.07 bits per heavy atom. The van der Waals surface area contributed by atoms with E-state index in [1.165, 1.54) is 0 Å². The molecule has 5 nitrogen and oxygen atoms in total. The largest absolute Gasteiger partial charge is 0.388 e. The molecule has 5 heteroatoms. The van der Waals surface area contributed by atoms with Crippen molar-refractivity contribution in [1.29, 1.82) is 0 Å². The van der Waals surface area contributed by atoms with Crippen LogP contribution >= 0.6 is 0 Å². The molecule has 0 aliphatic carbocycles. The van der Waals surface area contributed by atoms with E-state index in [0.717, 1.165) is 5.69 Å². The fraction of sp³-hybridized carbons (Fsp3) is 0.500. The number of aromatic nitrogens is 1. The highest BCUT2D eigenvalue weighted by Gasteiger charge is 2.22. The highest BCUT2D eigenvalue weighted by atomic mass is 16.5. The van der Waals surface area contributed by atoms with Gasteiger partial charge in [-0.15, -0.1) is 0 Å². The van der Waals surface area contributed by atoms with Crippen molar-refractivity contribution in [3.63, 3.8) is 0 Å². The lowest BCUT2D eigenvalue weighted by molar-refractivity contribution is 0.0572. The third kappa shape index (κ3) is 4.24. The van der Waals surface area contributed by atoms with Gasteiger partial charge in [0.15, 0.2) is 0 Å². The van der Waals surface area contributed by atoms with Gasteiger partial charge in [0.05, 0.1) is 18.9 Å². The van der Waals surface area contributed by atoms with Gasteiger partial charge >= 0.3 is 0 Å². The Morgan fingerprint density at radius 1 is 1.40 bits per heavy atom. The first-order valence-electron chi connectivity index (χ1n) is 4.75. The third-order valence-corrected chi connectivity index (χ3v) is 1.97. The Bertz CT molecular complexity index is 261. The highest BCUT2D eigenvalue weighted by molar-refractivity contribution is 5.38. The molecule has 1 saturated heterocycles. The molecule has 2 atom stereocenters. The summed E-state index contributed by atoms with van der Waals surface area (Å²) in [5, 5.41) is 20.2. The van der Waals surface area contributed by atoms with Gasteiger partial charge in [-0.2, -0.15) is 0 Å². The zero-order valence-corrected chi connectivity index (χ0v) is 8.63. The summed E-state index contributed by atoms with van der Waals surface area (Å²) in [4.78, 5) is 3.89. The molecule has 0 radical (unpaired) electrons. The van der Waals surface area contributed by atoms with Gasteiger partial charge in [-0.1, -0.05) is 0 Å². The molecule has 84 valence electrons. The lowest BCUT2D eigenvalue weighted by Gasteiger charge is -2.00. The van der Waals surface area contributed by atoms with Crippen molar-refractivity contribution in [2.24, 2.45) is 0 Å². The molecule has 3 N–H and O–H groups in total. The van der Waals surface area contributed by atoms with Crippen molar-refractivity contribution in [2.45, 2.75) is 12.2 Å². The summed E-state index contributed by atoms with van der Waals surface area (Å²) in [6.45, 7) is 0.558. The molecule has 1 aromatic rings. The maximum absolute atomic E-state index is 8.62. The van der Waals surface area contributed by atoms with Crippen LogP contribution in [0.2, 0.25) is 0 Å². The van der Waals surface area contributed by atoms with E-state index in [2.05, 4.69) is 15.0 Å². The number of nitrogens with zero attached hydrogens (tertiary/aromatic N) is 1. The average molecular weight is 212 g/mol. The van der Waals surface area contributed by atoms with Gasteiger partial charge in [0.25, 0.3) is 0 Å². The van der Waals surface area contributed by atoms with Crippen LogP contribution in [0.4, 0.5) is 5.69 Å². The number of nitrogens with one attached hydrogen (secondary N) is 1. The summed E-state index contributed by atoms with van der Waals surface area (Å²) in [5.41, 5.74) is 1.05. The number of pyridine rings is 1. The fourth-order valence-electron chi connectivity index (χ4n) is 1.04. The van der Waals surface area contributed by atoms with Crippen molar-refractivity contribution < 1.29 is 14.9 Å². The summed E-state index contributed by atoms with van der Waals surface area (Å²) in [7, 11) is 1.87. The minimum Gasteiger partial charge on any atom is -0.388 e. The molecule has 1 aliphatic rings. The van der Waals surface area contributed by atoms with Crippen LogP contribution in [-0.2, 0) is 4.74 Å². The average Bonchev–Trinajstić information content (AvgIpc) is 2.65. The summed E-state index contributed by atoms with van der Waals surface area (Å²) in [6.07, 6.45) is 2.22. The molecule has 2 rings (SSSR count). The number of rotatable bonds is 1. The van der Waals surface area contributed by atoms with Gasteiger partial charge in [0.2, 0.25) is 0 Å². The molecule has 0 amide bonds. The predicted octanol–water partition coefficient (Wildman–Crippen LogP) is -0.138. The quantitative estimate of drug-likeness (QED) is 0.604. The first-order chi connectivity index (χ1) is 7.24. The van der Waals surface area contributed by atoms with Crippen LogP contribution in [0.15, 0.2) is 24.5 Å². The second-order valence-electron chi connectivity index (χ2n) is 3.16. The zero-order valence-electron chi connectivity index (χ0n) is 8.63. The predicted molar refractivity (Wildman–Crippen MR) is 56.6 cm³/mol. The van der Waals surface area contributed by atoms with E-state index in [1.54, 1.807) is 12.4 Å². The number of ether oxygens (including phenoxy) is 1. The molecular formula is C10H16N2O3. The lowest BCUT2D eigenvalue weighted by atomic mass is 10.3. The van der Waals surface area contributed by atoms with Gasteiger partial charge in [0.1, 0.15) is 12.2 Å². The fourth-order valence-corrected chi connectivity index (χ4v) is 1.04. The highest BCUT2D eigenvalue weighted by Crippen LogP contribution is 2.02. The molecular weight excluding hydrogens is 196 g/mol. The summed E-state index contributed by atoms with van der Waals surface area (Å²) >= 11 is 0. The van der Waals surface area contributed by atoms with Crippen LogP contribution in [0.5, 0.6) is 0 Å². The smallest absolute Gasteiger partial charge is 0.105 e. The second-order valence-corrected chi connectivity index (χ2v) is 3.16. The standard InChI is InChI=1S/C6H8N2.C4H8O3/c1-7-6-3-2-4-8-5-6;5-3-1-7-2-4(3)6/h2-5,7H,1H3;3-6H,1-2H2. The van der Waals surface area contributed by atoms with Gasteiger partial charge in [-0.05, 0) is 12.1 Å². The maximum atomic E-state index is 8.62. The van der Waals surface area contributed by atoms with Gasteiger partial charge in [-0.25, -0.2) is 0 Å². The normalized spacial score (nSPS) is 24.2. The Hall–Kier alpha value is -1.17. The molecule has 0 bridgehead atoms. The second kappa shape index (κ2) is 6.34. The molecule has 0 spiro atoms. The van der Waals surface area contributed by atoms with Crippen molar-refractivity contribution in [1.82, 2.24) is 4.98 Å². The number of aliphatic hydroxyl groups excluding tert-OH is 2. The molecule has 2 unspecified atom stereocenters. The number of hydrogen-bond acceptors (Lipinski definition) is 5. The first-order valence-corrected chi connectivity index (χ1v) is 4.75. The lowest BCUT2D eigenvalue weighted by Crippen LogP contribution is -2.22. The Labute approximate surface area is 88.7 Å². The van der Waals surface area contributed by atoms with Crippen LogP contribution in [0, 0.1) is 0 Å². The van der Waals surface area contributed by atoms with Gasteiger partial charge in [0, 0.05) is 19.4 Å². The van der Waals surface area contributed by atoms with E-state index in [0.29, 0.717) is 0 Å². The summed E-state index contributed by atoms with van der Waals surface area (Å²) in [5.74, 6) is 0. The van der Waals surface area contributed by atoms with Crippen molar-refractivity contribution in [3.05, 3.63) is 24.5 Å². The number of aliphatic hydroxyl groups is 2. The zero-order chi connectivity index (χ0) is 11.1. The Balaban J connectivity index is 0.000000151. The van der Waals surface area contributed by atoms with Crippen molar-refractivity contribution in [3.8, 4) is 0 Å². The maximum Gasteiger partial charge on any atom is 0.105 e. The van der Waals surface area contributed by atoms with Crippen LogP contribution < -0.4 is 5.32 Å². The molecule has 15 heavy (non-hydrogen) atoms. The molecule has 1 fully saturated rings. The van der Waals surface area contributed by atoms with Crippen LogP contribution in [0.1, 0.15) is 0 Å². The Morgan fingerprint density at radius 3 is 2.33 bits per heavy atom. The molecule has 0 saturated carbocycles. The van der Waals surface area contributed by atoms with Crippen LogP contribution in [-0.4, -0.2) is 47.7 Å². The molecule has 1 aliphatic heterocycles. The van der Waals surface area contributed by atoms with Gasteiger partial charge in [-0.3, -0.25) is 4.98 Å². The van der Waals surface area contributed by atoms with E-state index in [-0.39, 0.29) is 13.2 Å². The van der Waals surface area contributed by atoms with Crippen LogP contribution in [0.25, 0.3) is 0 Å². The van der Waals surface area contributed by atoms with E-state index in [4.69, 9.17) is 10.2 Å².